The molecule has 2 aliphatic heterocycles. The van der Waals surface area contributed by atoms with E-state index in [1.807, 2.05) is 170 Å². The first-order valence-electron chi connectivity index (χ1n) is 25.3. The summed E-state index contributed by atoms with van der Waals surface area (Å²) in [5.74, 6) is 1.46. The van der Waals surface area contributed by atoms with Crippen LogP contribution in [0.5, 0.6) is 11.5 Å². The fourth-order valence-electron chi connectivity index (χ4n) is 8.81. The quantitative estimate of drug-likeness (QED) is 0.0469. The van der Waals surface area contributed by atoms with Crippen molar-refractivity contribution in [3.8, 4) is 11.5 Å². The van der Waals surface area contributed by atoms with Crippen LogP contribution in [-0.4, -0.2) is 101 Å². The lowest BCUT2D eigenvalue weighted by molar-refractivity contribution is -0.373. The van der Waals surface area contributed by atoms with Crippen molar-refractivity contribution in [3.05, 3.63) is 203 Å². The number of methoxy groups -OCH3 is 2. The Balaban J connectivity index is 1.15. The van der Waals surface area contributed by atoms with Gasteiger partial charge in [0.25, 0.3) is 0 Å². The maximum atomic E-state index is 12.8. The molecule has 0 amide bonds. The van der Waals surface area contributed by atoms with Crippen LogP contribution in [0.25, 0.3) is 0 Å². The molecule has 13 heteroatoms. The van der Waals surface area contributed by atoms with Gasteiger partial charge in [-0.3, -0.25) is 0 Å². The third kappa shape index (κ3) is 16.0. The van der Waals surface area contributed by atoms with E-state index >= 15 is 0 Å². The first-order valence-corrected chi connectivity index (χ1v) is 25.3. The number of aliphatic hydroxyl groups is 1. The van der Waals surface area contributed by atoms with E-state index < -0.39 is 61.4 Å². The molecule has 0 radical (unpaired) electrons. The van der Waals surface area contributed by atoms with E-state index in [2.05, 4.69) is 6.92 Å². The first kappa shape index (κ1) is 53.8. The Labute approximate surface area is 430 Å². The SMILES string of the molecule is CCCCO[C@@H]1O[C@H](COCc2ccccc2)[C@@H](O[C@@H]2O[C@H](COCc3ccc(OC)cc3)[C@@H](OCc3ccccc3)[C@H](OCc3ccc(OC)cc3)[C@@H]2O)[C@H](OCc2ccccc2)[C@H]1OCc1ccccc1. The number of aliphatic hydroxyl groups excluding tert-OH is 1. The maximum Gasteiger partial charge on any atom is 0.187 e. The van der Waals surface area contributed by atoms with Crippen molar-refractivity contribution in [3.63, 3.8) is 0 Å². The van der Waals surface area contributed by atoms with E-state index in [4.69, 9.17) is 56.8 Å². The van der Waals surface area contributed by atoms with Crippen LogP contribution in [0.2, 0.25) is 0 Å². The van der Waals surface area contributed by atoms with Gasteiger partial charge in [0, 0.05) is 6.61 Å². The molecule has 6 aromatic carbocycles. The van der Waals surface area contributed by atoms with Crippen LogP contribution in [0, 0.1) is 0 Å². The third-order valence-electron chi connectivity index (χ3n) is 12.8. The summed E-state index contributed by atoms with van der Waals surface area (Å²) < 4.78 is 78.8. The van der Waals surface area contributed by atoms with Gasteiger partial charge in [0.1, 0.15) is 60.3 Å². The van der Waals surface area contributed by atoms with Gasteiger partial charge in [0.2, 0.25) is 0 Å². The van der Waals surface area contributed by atoms with Gasteiger partial charge in [0.05, 0.1) is 67.1 Å². The highest BCUT2D eigenvalue weighted by molar-refractivity contribution is 5.28. The second kappa shape index (κ2) is 28.8. The predicted molar refractivity (Wildman–Crippen MR) is 274 cm³/mol. The topological polar surface area (TPSA) is 131 Å². The van der Waals surface area contributed by atoms with Gasteiger partial charge in [0.15, 0.2) is 12.6 Å². The smallest absolute Gasteiger partial charge is 0.187 e. The Morgan fingerprint density at radius 1 is 0.397 bits per heavy atom. The molecule has 73 heavy (non-hydrogen) atoms. The Morgan fingerprint density at radius 2 is 0.781 bits per heavy atom. The van der Waals surface area contributed by atoms with E-state index in [1.165, 1.54) is 0 Å². The summed E-state index contributed by atoms with van der Waals surface area (Å²) in [6.45, 7) is 4.10. The van der Waals surface area contributed by atoms with Crippen LogP contribution in [0.3, 0.4) is 0 Å². The van der Waals surface area contributed by atoms with Gasteiger partial charge < -0.3 is 61.9 Å². The van der Waals surface area contributed by atoms with Gasteiger partial charge in [-0.2, -0.15) is 0 Å². The minimum absolute atomic E-state index is 0.0648. The third-order valence-corrected chi connectivity index (χ3v) is 12.8. The van der Waals surface area contributed by atoms with E-state index in [0.717, 1.165) is 52.0 Å². The summed E-state index contributed by atoms with van der Waals surface area (Å²) in [6, 6.07) is 55.0. The molecule has 2 heterocycles. The summed E-state index contributed by atoms with van der Waals surface area (Å²) in [4.78, 5) is 0. The number of benzene rings is 6. The molecular formula is C60H70O13. The highest BCUT2D eigenvalue weighted by Gasteiger charge is 2.54. The van der Waals surface area contributed by atoms with Crippen molar-refractivity contribution in [2.24, 2.45) is 0 Å². The monoisotopic (exact) mass is 998 g/mol. The molecule has 1 N–H and O–H groups in total. The number of rotatable bonds is 28. The Hall–Kier alpha value is -5.52. The molecule has 0 saturated carbocycles. The molecule has 6 aromatic rings. The second-order valence-corrected chi connectivity index (χ2v) is 18.2. The Morgan fingerprint density at radius 3 is 1.25 bits per heavy atom. The minimum Gasteiger partial charge on any atom is -0.497 e. The van der Waals surface area contributed by atoms with Crippen molar-refractivity contribution < 1.29 is 61.9 Å². The van der Waals surface area contributed by atoms with E-state index in [9.17, 15) is 5.11 Å². The lowest BCUT2D eigenvalue weighted by Crippen LogP contribution is -2.66. The molecule has 2 aliphatic rings. The zero-order chi connectivity index (χ0) is 50.5. The van der Waals surface area contributed by atoms with E-state index in [0.29, 0.717) is 19.0 Å². The zero-order valence-corrected chi connectivity index (χ0v) is 42.1. The Bertz CT molecular complexity index is 2410. The normalized spacial score (nSPS) is 24.0. The molecule has 8 rings (SSSR count). The summed E-state index contributed by atoms with van der Waals surface area (Å²) in [5, 5.41) is 12.8. The van der Waals surface area contributed by atoms with Crippen LogP contribution in [-0.2, 0) is 87.0 Å². The lowest BCUT2D eigenvalue weighted by atomic mass is 9.96. The summed E-state index contributed by atoms with van der Waals surface area (Å²) in [7, 11) is 3.26. The van der Waals surface area contributed by atoms with Crippen molar-refractivity contribution in [2.45, 2.75) is 121 Å². The number of unbranched alkanes of at least 4 members (excludes halogenated alkanes) is 1. The average Bonchev–Trinajstić information content (AvgIpc) is 3.44. The van der Waals surface area contributed by atoms with Gasteiger partial charge in [-0.1, -0.05) is 159 Å². The first-order chi connectivity index (χ1) is 36.0. The molecule has 2 fully saturated rings. The summed E-state index contributed by atoms with van der Waals surface area (Å²) >= 11 is 0. The number of hydrogen-bond acceptors (Lipinski definition) is 13. The average molecular weight is 999 g/mol. The maximum absolute atomic E-state index is 12.8. The summed E-state index contributed by atoms with van der Waals surface area (Å²) in [6.07, 6.45) is -7.80. The summed E-state index contributed by atoms with van der Waals surface area (Å²) in [5.41, 5.74) is 5.65. The number of hydrogen-bond donors (Lipinski definition) is 1. The molecule has 2 saturated heterocycles. The van der Waals surface area contributed by atoms with Gasteiger partial charge in [-0.15, -0.1) is 0 Å². The van der Waals surface area contributed by atoms with Crippen LogP contribution in [0.15, 0.2) is 170 Å². The van der Waals surface area contributed by atoms with Gasteiger partial charge in [-0.25, -0.2) is 0 Å². The molecule has 0 aromatic heterocycles. The lowest BCUT2D eigenvalue weighted by Gasteiger charge is -2.49. The van der Waals surface area contributed by atoms with Gasteiger partial charge in [-0.05, 0) is 64.1 Å². The minimum atomic E-state index is -1.39. The standard InChI is InChI=1S/C60H70O13/c1-4-5-34-66-60-58(70-39-46-24-16-9-17-25-46)57(69-38-45-22-14-8-15-23-45)55(52(72-60)42-64-35-43-18-10-6-11-19-43)73-59-53(61)56(68-40-48-28-32-50(63-3)33-29-48)54(67-37-44-20-12-7-13-21-44)51(71-59)41-65-36-47-26-30-49(62-2)31-27-47/h6-33,51-61H,4-5,34-42H2,1-3H3/t51-,52-,53+,54-,55-,56-,57+,58-,59+,60-/m1/s1. The van der Waals surface area contributed by atoms with Crippen molar-refractivity contribution in [1.29, 1.82) is 0 Å². The molecule has 0 bridgehead atoms. The highest BCUT2D eigenvalue weighted by Crippen LogP contribution is 2.36. The second-order valence-electron chi connectivity index (χ2n) is 18.2. The van der Waals surface area contributed by atoms with Crippen LogP contribution in [0.4, 0.5) is 0 Å². The molecule has 13 nitrogen and oxygen atoms in total. The molecule has 10 atom stereocenters. The molecule has 0 aliphatic carbocycles. The molecule has 388 valence electrons. The highest BCUT2D eigenvalue weighted by atomic mass is 16.8. The van der Waals surface area contributed by atoms with Gasteiger partial charge >= 0.3 is 0 Å². The van der Waals surface area contributed by atoms with E-state index in [1.54, 1.807) is 14.2 Å². The molecule has 0 spiro atoms. The Kier molecular flexibility index (Phi) is 21.2. The fourth-order valence-corrected chi connectivity index (χ4v) is 8.81. The number of ether oxygens (including phenoxy) is 12. The molecule has 0 unspecified atom stereocenters. The van der Waals surface area contributed by atoms with Crippen molar-refractivity contribution in [2.75, 3.05) is 34.0 Å². The largest absolute Gasteiger partial charge is 0.497 e. The van der Waals surface area contributed by atoms with Crippen LogP contribution >= 0.6 is 0 Å². The van der Waals surface area contributed by atoms with Crippen LogP contribution < -0.4 is 9.47 Å². The predicted octanol–water partition coefficient (Wildman–Crippen LogP) is 9.79. The zero-order valence-electron chi connectivity index (χ0n) is 42.1. The molecular weight excluding hydrogens is 929 g/mol. The van der Waals surface area contributed by atoms with Crippen molar-refractivity contribution in [1.82, 2.24) is 0 Å². The van der Waals surface area contributed by atoms with Crippen molar-refractivity contribution >= 4 is 0 Å². The van der Waals surface area contributed by atoms with E-state index in [-0.39, 0.29) is 46.2 Å². The van der Waals surface area contributed by atoms with Crippen LogP contribution in [0.1, 0.15) is 53.1 Å². The fraction of sp³-hybridized carbons (Fsp3) is 0.400.